The zero-order valence-corrected chi connectivity index (χ0v) is 24.2. The van der Waals surface area contributed by atoms with Crippen LogP contribution in [0.5, 0.6) is 0 Å². The highest BCUT2D eigenvalue weighted by Gasteiger charge is 2.79. The number of rotatable bonds is 8. The molecule has 8 nitrogen and oxygen atoms in total. The zero-order chi connectivity index (χ0) is 29.6. The van der Waals surface area contributed by atoms with E-state index in [1.807, 2.05) is 87.5 Å². The van der Waals surface area contributed by atoms with E-state index >= 15 is 0 Å². The number of carbonyl (C=O) groups is 3. The van der Waals surface area contributed by atoms with Crippen LogP contribution in [0.4, 0.5) is 11.4 Å². The largest absolute Gasteiger partial charge is 0.394 e. The Bertz CT molecular complexity index is 1490. The van der Waals surface area contributed by atoms with Gasteiger partial charge in [0.05, 0.1) is 30.1 Å². The minimum absolute atomic E-state index is 0.293. The Hall–Kier alpha value is -4.01. The van der Waals surface area contributed by atoms with Gasteiger partial charge in [-0.15, -0.1) is 0 Å². The molecule has 42 heavy (non-hydrogen) atoms. The summed E-state index contributed by atoms with van der Waals surface area (Å²) in [6.07, 6.45) is 1.54. The average molecular weight is 568 g/mol. The van der Waals surface area contributed by atoms with Gasteiger partial charge in [-0.05, 0) is 61.9 Å². The summed E-state index contributed by atoms with van der Waals surface area (Å²) in [6.45, 7) is 5.44. The smallest absolute Gasteiger partial charge is 0.250 e. The van der Waals surface area contributed by atoms with E-state index in [0.717, 1.165) is 11.1 Å². The third kappa shape index (κ3) is 4.24. The van der Waals surface area contributed by atoms with Gasteiger partial charge in [-0.3, -0.25) is 14.4 Å². The number of amides is 3. The molecule has 3 heterocycles. The lowest BCUT2D eigenvalue weighted by Gasteiger charge is -2.37. The van der Waals surface area contributed by atoms with Gasteiger partial charge in [0, 0.05) is 11.4 Å². The third-order valence-electron chi connectivity index (χ3n) is 9.61. The lowest BCUT2D eigenvalue weighted by molar-refractivity contribution is -0.148. The van der Waals surface area contributed by atoms with Gasteiger partial charge in [0.1, 0.15) is 11.6 Å². The van der Waals surface area contributed by atoms with E-state index in [1.54, 1.807) is 12.1 Å². The molecule has 8 heteroatoms. The fourth-order valence-electron chi connectivity index (χ4n) is 7.66. The number of aryl methyl sites for hydroxylation is 2. The molecule has 1 spiro atoms. The molecule has 2 bridgehead atoms. The molecule has 3 aliphatic rings. The second-order valence-corrected chi connectivity index (χ2v) is 11.8. The number of benzene rings is 3. The van der Waals surface area contributed by atoms with Crippen molar-refractivity contribution in [2.24, 2.45) is 11.8 Å². The summed E-state index contributed by atoms with van der Waals surface area (Å²) in [5, 5.41) is 16.8. The maximum atomic E-state index is 14.6. The highest BCUT2D eigenvalue weighted by molar-refractivity contribution is 6.06. The number of aliphatic hydroxyl groups is 1. The minimum Gasteiger partial charge on any atom is -0.394 e. The number of hydrogen-bond donors (Lipinski definition) is 3. The van der Waals surface area contributed by atoms with Gasteiger partial charge in [0.15, 0.2) is 0 Å². The van der Waals surface area contributed by atoms with Crippen molar-refractivity contribution in [3.63, 3.8) is 0 Å². The van der Waals surface area contributed by atoms with Gasteiger partial charge in [0.25, 0.3) is 0 Å². The van der Waals surface area contributed by atoms with E-state index in [-0.39, 0.29) is 24.3 Å². The van der Waals surface area contributed by atoms with Crippen LogP contribution < -0.4 is 10.6 Å². The molecular formula is C34H37N3O5. The number of hydrogen-bond acceptors (Lipinski definition) is 5. The van der Waals surface area contributed by atoms with Gasteiger partial charge in [-0.25, -0.2) is 0 Å². The molecule has 3 fully saturated rings. The summed E-state index contributed by atoms with van der Waals surface area (Å²) in [6, 6.07) is 22.3. The number of likely N-dealkylation sites (tertiary alicyclic amines) is 1. The Morgan fingerprint density at radius 2 is 1.57 bits per heavy atom. The number of aliphatic hydroxyl groups excluding tert-OH is 1. The summed E-state index contributed by atoms with van der Waals surface area (Å²) < 4.78 is 6.89. The molecule has 6 rings (SSSR count). The first-order chi connectivity index (χ1) is 20.3. The molecule has 3 aliphatic heterocycles. The first kappa shape index (κ1) is 28.1. The molecule has 0 radical (unpaired) electrons. The summed E-state index contributed by atoms with van der Waals surface area (Å²) >= 11 is 0. The maximum Gasteiger partial charge on any atom is 0.250 e. The fraction of sp³-hybridized carbons (Fsp3) is 0.382. The number of ether oxygens (including phenoxy) is 1. The molecule has 0 aliphatic carbocycles. The van der Waals surface area contributed by atoms with Crippen molar-refractivity contribution in [3.8, 4) is 0 Å². The van der Waals surface area contributed by atoms with Gasteiger partial charge in [-0.2, -0.15) is 0 Å². The number of anilines is 2. The van der Waals surface area contributed by atoms with Crippen LogP contribution in [0.3, 0.4) is 0 Å². The highest BCUT2D eigenvalue weighted by Crippen LogP contribution is 2.65. The van der Waals surface area contributed by atoms with Gasteiger partial charge in [0.2, 0.25) is 17.7 Å². The molecule has 3 aromatic carbocycles. The predicted octanol–water partition coefficient (Wildman–Crippen LogP) is 4.77. The first-order valence-corrected chi connectivity index (χ1v) is 14.7. The van der Waals surface area contributed by atoms with Crippen LogP contribution in [0, 0.1) is 25.7 Å². The lowest BCUT2D eigenvalue weighted by Crippen LogP contribution is -2.54. The fourth-order valence-corrected chi connectivity index (χ4v) is 7.66. The Labute approximate surface area is 246 Å². The summed E-state index contributed by atoms with van der Waals surface area (Å²) in [4.78, 5) is 44.6. The van der Waals surface area contributed by atoms with Crippen molar-refractivity contribution >= 4 is 29.1 Å². The number of fused-ring (bicyclic) bond motifs is 1. The number of carbonyl (C=O) groups excluding carboxylic acids is 3. The second-order valence-electron chi connectivity index (χ2n) is 11.8. The molecule has 2 unspecified atom stereocenters. The Balaban J connectivity index is 1.46. The van der Waals surface area contributed by atoms with Crippen molar-refractivity contribution < 1.29 is 24.2 Å². The Kier molecular flexibility index (Phi) is 7.15. The van der Waals surface area contributed by atoms with E-state index in [9.17, 15) is 19.5 Å². The molecule has 3 N–H and O–H groups in total. The monoisotopic (exact) mass is 567 g/mol. The topological polar surface area (TPSA) is 108 Å². The molecule has 0 saturated carbocycles. The predicted molar refractivity (Wildman–Crippen MR) is 160 cm³/mol. The van der Waals surface area contributed by atoms with Crippen molar-refractivity contribution in [1.29, 1.82) is 0 Å². The highest BCUT2D eigenvalue weighted by atomic mass is 16.5. The van der Waals surface area contributed by atoms with Crippen LogP contribution in [0.25, 0.3) is 0 Å². The Morgan fingerprint density at radius 3 is 2.19 bits per heavy atom. The van der Waals surface area contributed by atoms with Crippen molar-refractivity contribution in [2.75, 3.05) is 17.2 Å². The number of nitrogens with one attached hydrogen (secondary N) is 2. The van der Waals surface area contributed by atoms with Crippen LogP contribution >= 0.6 is 0 Å². The van der Waals surface area contributed by atoms with E-state index in [2.05, 4.69) is 10.6 Å². The molecule has 3 saturated heterocycles. The summed E-state index contributed by atoms with van der Waals surface area (Å²) in [7, 11) is 0. The summed E-state index contributed by atoms with van der Waals surface area (Å²) in [5.41, 5.74) is 1.74. The number of nitrogens with zero attached hydrogens (tertiary/aromatic N) is 1. The first-order valence-electron chi connectivity index (χ1n) is 14.7. The Morgan fingerprint density at radius 1 is 0.929 bits per heavy atom. The van der Waals surface area contributed by atoms with Crippen LogP contribution in [0.15, 0.2) is 78.9 Å². The maximum absolute atomic E-state index is 14.6. The molecule has 3 aromatic rings. The quantitative estimate of drug-likeness (QED) is 0.364. The van der Waals surface area contributed by atoms with Crippen molar-refractivity contribution in [2.45, 2.75) is 63.3 Å². The van der Waals surface area contributed by atoms with Crippen LogP contribution in [0.1, 0.15) is 48.9 Å². The van der Waals surface area contributed by atoms with Crippen molar-refractivity contribution in [1.82, 2.24) is 4.90 Å². The van der Waals surface area contributed by atoms with Crippen LogP contribution in [-0.2, 0) is 19.1 Å². The van der Waals surface area contributed by atoms with E-state index in [4.69, 9.17) is 4.74 Å². The molecule has 3 amide bonds. The zero-order valence-electron chi connectivity index (χ0n) is 24.2. The minimum atomic E-state index is -1.21. The van der Waals surface area contributed by atoms with Crippen molar-refractivity contribution in [3.05, 3.63) is 95.6 Å². The summed E-state index contributed by atoms with van der Waals surface area (Å²) in [5.74, 6) is -2.68. The van der Waals surface area contributed by atoms with Gasteiger partial charge < -0.3 is 25.4 Å². The standard InChI is InChI=1S/C34H37N3O5/c1-4-33-18-19-34(42-33)27(26(33)30(39)35-24-16-9-6-10-17-24)32(41)37(25(20-38)23-14-7-5-8-15-23)29(34)31(40)36-28-21(2)12-11-13-22(28)3/h5-17,25-27,29,38H,4,18-20H2,1-3H3,(H,35,39)(H,36,40)/t25-,26-,27+,29?,33+,34?/m1/s1. The molecule has 0 aromatic heterocycles. The van der Waals surface area contributed by atoms with Gasteiger partial charge in [-0.1, -0.05) is 73.7 Å². The van der Waals surface area contributed by atoms with Crippen LogP contribution in [0.2, 0.25) is 0 Å². The van der Waals surface area contributed by atoms with E-state index in [0.29, 0.717) is 36.2 Å². The second kappa shape index (κ2) is 10.7. The molecule has 6 atom stereocenters. The normalized spacial score (nSPS) is 28.4. The lowest BCUT2D eigenvalue weighted by atomic mass is 9.65. The van der Waals surface area contributed by atoms with Gasteiger partial charge >= 0.3 is 0 Å². The third-order valence-corrected chi connectivity index (χ3v) is 9.61. The number of para-hydroxylation sites is 2. The van der Waals surface area contributed by atoms with E-state index in [1.165, 1.54) is 4.90 Å². The average Bonchev–Trinajstić information content (AvgIpc) is 3.60. The SMILES string of the molecule is CC[C@@]12CCC3(O1)C(C(=O)Nc1c(C)cccc1C)N([C@H](CO)c1ccccc1)C(=O)[C@@H]3[C@@H]2C(=O)Nc1ccccc1. The molecule has 218 valence electrons. The molecular weight excluding hydrogens is 530 g/mol. The van der Waals surface area contributed by atoms with E-state index < -0.39 is 35.1 Å². The van der Waals surface area contributed by atoms with Crippen LogP contribution in [-0.4, -0.2) is 51.6 Å².